The van der Waals surface area contributed by atoms with Gasteiger partial charge in [-0.05, 0) is 62.2 Å². The fraction of sp³-hybridized carbons (Fsp3) is 0.435. The maximum atomic E-state index is 13.2. The van der Waals surface area contributed by atoms with Crippen LogP contribution in [0.2, 0.25) is 5.02 Å². The highest BCUT2D eigenvalue weighted by molar-refractivity contribution is 7.92. The van der Waals surface area contributed by atoms with E-state index in [0.29, 0.717) is 44.3 Å². The quantitative estimate of drug-likeness (QED) is 0.629. The molecule has 0 spiro atoms. The summed E-state index contributed by atoms with van der Waals surface area (Å²) in [7, 11) is -3.93. The fourth-order valence-corrected chi connectivity index (χ4v) is 5.35. The minimum atomic E-state index is -3.93. The summed E-state index contributed by atoms with van der Waals surface area (Å²) in [5.41, 5.74) is 0.539. The van der Waals surface area contributed by atoms with E-state index in [-0.39, 0.29) is 33.6 Å². The normalized spacial score (nSPS) is 19.5. The first-order valence-electron chi connectivity index (χ1n) is 10.9. The molecule has 4 rings (SSSR count). The van der Waals surface area contributed by atoms with Gasteiger partial charge in [-0.15, -0.1) is 0 Å². The van der Waals surface area contributed by atoms with Crippen molar-refractivity contribution in [1.82, 2.24) is 4.90 Å². The van der Waals surface area contributed by atoms with Crippen LogP contribution in [0.4, 0.5) is 5.69 Å². The average Bonchev–Trinajstić information content (AvgIpc) is 3.35. The Balaban J connectivity index is 1.51. The minimum absolute atomic E-state index is 0.0415. The monoisotopic (exact) mass is 494 g/mol. The number of hydrogen-bond donors (Lipinski definition) is 1. The molecule has 178 valence electrons. The molecular formula is C23H27ClN2O6S. The Morgan fingerprint density at radius 2 is 1.91 bits per heavy atom. The van der Waals surface area contributed by atoms with E-state index in [0.717, 1.165) is 12.8 Å². The van der Waals surface area contributed by atoms with Crippen LogP contribution in [0.1, 0.15) is 30.1 Å². The SMILES string of the molecule is CCOc1ccc(NS(=O)(=O)c2ccc(Cl)c(C(=O)N3CCCC(C4OCCO4)C3)c2)cc1. The first kappa shape index (κ1) is 23.8. The van der Waals surface area contributed by atoms with Gasteiger partial charge < -0.3 is 19.1 Å². The van der Waals surface area contributed by atoms with Crippen LogP contribution >= 0.6 is 11.6 Å². The predicted molar refractivity (Wildman–Crippen MR) is 124 cm³/mol. The zero-order chi connectivity index (χ0) is 23.4. The number of sulfonamides is 1. The molecule has 2 fully saturated rings. The topological polar surface area (TPSA) is 94.2 Å². The third kappa shape index (κ3) is 5.60. The van der Waals surface area contributed by atoms with Crippen molar-refractivity contribution in [1.29, 1.82) is 0 Å². The van der Waals surface area contributed by atoms with Crippen LogP contribution in [0.3, 0.4) is 0 Å². The van der Waals surface area contributed by atoms with Crippen molar-refractivity contribution in [2.75, 3.05) is 37.6 Å². The number of likely N-dealkylation sites (tertiary alicyclic amines) is 1. The summed E-state index contributed by atoms with van der Waals surface area (Å²) in [6.45, 7) is 4.55. The van der Waals surface area contributed by atoms with Gasteiger partial charge in [0.25, 0.3) is 15.9 Å². The van der Waals surface area contributed by atoms with Gasteiger partial charge in [-0.3, -0.25) is 9.52 Å². The Labute approximate surface area is 198 Å². The van der Waals surface area contributed by atoms with Crippen molar-refractivity contribution in [2.24, 2.45) is 5.92 Å². The summed E-state index contributed by atoms with van der Waals surface area (Å²) >= 11 is 6.31. The van der Waals surface area contributed by atoms with E-state index in [1.54, 1.807) is 29.2 Å². The summed E-state index contributed by atoms with van der Waals surface area (Å²) in [6.07, 6.45) is 1.41. The van der Waals surface area contributed by atoms with Gasteiger partial charge in [0.2, 0.25) is 0 Å². The molecule has 1 amide bonds. The number of amides is 1. The molecule has 33 heavy (non-hydrogen) atoms. The molecule has 2 saturated heterocycles. The molecule has 2 aromatic carbocycles. The van der Waals surface area contributed by atoms with E-state index in [4.69, 9.17) is 25.8 Å². The van der Waals surface area contributed by atoms with Crippen molar-refractivity contribution in [3.63, 3.8) is 0 Å². The lowest BCUT2D eigenvalue weighted by molar-refractivity contribution is -0.0969. The summed E-state index contributed by atoms with van der Waals surface area (Å²) in [5, 5.41) is 0.204. The number of carbonyl (C=O) groups excluding carboxylic acids is 1. The zero-order valence-corrected chi connectivity index (χ0v) is 19.9. The molecule has 0 aliphatic carbocycles. The van der Waals surface area contributed by atoms with Crippen LogP contribution in [0.25, 0.3) is 0 Å². The molecule has 2 aliphatic heterocycles. The Morgan fingerprint density at radius 1 is 1.18 bits per heavy atom. The maximum Gasteiger partial charge on any atom is 0.261 e. The minimum Gasteiger partial charge on any atom is -0.494 e. The summed E-state index contributed by atoms with van der Waals surface area (Å²) in [5.74, 6) is 0.422. The van der Waals surface area contributed by atoms with Gasteiger partial charge >= 0.3 is 0 Å². The van der Waals surface area contributed by atoms with Crippen LogP contribution in [0.5, 0.6) is 5.75 Å². The van der Waals surface area contributed by atoms with Crippen LogP contribution in [-0.2, 0) is 19.5 Å². The van der Waals surface area contributed by atoms with E-state index in [1.807, 2.05) is 6.92 Å². The molecular weight excluding hydrogens is 468 g/mol. The molecule has 8 nitrogen and oxygen atoms in total. The first-order chi connectivity index (χ1) is 15.9. The van der Waals surface area contributed by atoms with Gasteiger partial charge in [0.15, 0.2) is 6.29 Å². The average molecular weight is 495 g/mol. The Bertz CT molecular complexity index is 1090. The van der Waals surface area contributed by atoms with Crippen LogP contribution in [0.15, 0.2) is 47.4 Å². The fourth-order valence-electron chi connectivity index (χ4n) is 4.07. The van der Waals surface area contributed by atoms with Gasteiger partial charge in [-0.25, -0.2) is 8.42 Å². The van der Waals surface area contributed by atoms with Crippen molar-refractivity contribution in [2.45, 2.75) is 31.0 Å². The van der Waals surface area contributed by atoms with E-state index in [2.05, 4.69) is 4.72 Å². The summed E-state index contributed by atoms with van der Waals surface area (Å²) < 4.78 is 45.0. The number of rotatable bonds is 7. The highest BCUT2D eigenvalue weighted by Gasteiger charge is 2.33. The number of anilines is 1. The zero-order valence-electron chi connectivity index (χ0n) is 18.3. The van der Waals surface area contributed by atoms with Crippen LogP contribution in [-0.4, -0.2) is 58.4 Å². The summed E-state index contributed by atoms with van der Waals surface area (Å²) in [4.78, 5) is 14.9. The highest BCUT2D eigenvalue weighted by Crippen LogP contribution is 2.29. The molecule has 1 atom stereocenters. The molecule has 0 bridgehead atoms. The second-order valence-electron chi connectivity index (χ2n) is 7.97. The molecule has 1 unspecified atom stereocenters. The first-order valence-corrected chi connectivity index (χ1v) is 12.8. The number of carbonyl (C=O) groups is 1. The summed E-state index contributed by atoms with van der Waals surface area (Å²) in [6, 6.07) is 10.7. The van der Waals surface area contributed by atoms with Crippen molar-refractivity contribution in [3.8, 4) is 5.75 Å². The lowest BCUT2D eigenvalue weighted by Gasteiger charge is -2.35. The molecule has 2 heterocycles. The number of benzene rings is 2. The Kier molecular flexibility index (Phi) is 7.43. The van der Waals surface area contributed by atoms with E-state index in [9.17, 15) is 13.2 Å². The van der Waals surface area contributed by atoms with E-state index in [1.165, 1.54) is 18.2 Å². The second-order valence-corrected chi connectivity index (χ2v) is 10.1. The van der Waals surface area contributed by atoms with Crippen LogP contribution in [0, 0.1) is 5.92 Å². The van der Waals surface area contributed by atoms with Crippen molar-refractivity contribution >= 4 is 33.2 Å². The molecule has 10 heteroatoms. The molecule has 2 aliphatic rings. The van der Waals surface area contributed by atoms with Gasteiger partial charge in [-0.1, -0.05) is 11.6 Å². The van der Waals surface area contributed by atoms with Gasteiger partial charge in [0.05, 0.1) is 35.3 Å². The van der Waals surface area contributed by atoms with E-state index >= 15 is 0 Å². The Morgan fingerprint density at radius 3 is 2.61 bits per heavy atom. The number of ether oxygens (including phenoxy) is 3. The smallest absolute Gasteiger partial charge is 0.261 e. The number of nitrogens with one attached hydrogen (secondary N) is 1. The van der Waals surface area contributed by atoms with Crippen LogP contribution < -0.4 is 9.46 Å². The number of nitrogens with zero attached hydrogens (tertiary/aromatic N) is 1. The number of halogens is 1. The second kappa shape index (κ2) is 10.3. The Hall–Kier alpha value is -2.33. The molecule has 0 saturated carbocycles. The number of piperidine rings is 1. The lowest BCUT2D eigenvalue weighted by atomic mass is 9.96. The van der Waals surface area contributed by atoms with Gasteiger partial charge in [0.1, 0.15) is 5.75 Å². The van der Waals surface area contributed by atoms with Crippen molar-refractivity contribution < 1.29 is 27.4 Å². The highest BCUT2D eigenvalue weighted by atomic mass is 35.5. The molecule has 0 aromatic heterocycles. The molecule has 1 N–H and O–H groups in total. The maximum absolute atomic E-state index is 13.2. The van der Waals surface area contributed by atoms with E-state index < -0.39 is 10.0 Å². The van der Waals surface area contributed by atoms with Gasteiger partial charge in [-0.2, -0.15) is 0 Å². The largest absolute Gasteiger partial charge is 0.494 e. The molecule has 0 radical (unpaired) electrons. The van der Waals surface area contributed by atoms with Crippen molar-refractivity contribution in [3.05, 3.63) is 53.1 Å². The number of hydrogen-bond acceptors (Lipinski definition) is 6. The standard InChI is InChI=1S/C23H27ClN2O6S/c1-2-30-18-7-5-17(6-8-18)25-33(28,29)19-9-10-21(24)20(14-19)22(27)26-11-3-4-16(15-26)23-31-12-13-32-23/h5-10,14,16,23,25H,2-4,11-13,15H2,1H3. The third-order valence-corrected chi connectivity index (χ3v) is 7.38. The predicted octanol–water partition coefficient (Wildman–Crippen LogP) is 3.76. The van der Waals surface area contributed by atoms with Gasteiger partial charge in [0, 0.05) is 24.7 Å². The molecule has 2 aromatic rings. The lowest BCUT2D eigenvalue weighted by Crippen LogP contribution is -2.44. The third-order valence-electron chi connectivity index (χ3n) is 5.67.